The lowest BCUT2D eigenvalue weighted by Gasteiger charge is -2.25. The van der Waals surface area contributed by atoms with Crippen molar-refractivity contribution >= 4 is 5.97 Å². The molecule has 0 radical (unpaired) electrons. The Kier molecular flexibility index (Phi) is 1.44. The predicted octanol–water partition coefficient (Wildman–Crippen LogP) is 2.04. The highest BCUT2D eigenvalue weighted by atomic mass is 16.4. The van der Waals surface area contributed by atoms with Gasteiger partial charge in [-0.2, -0.15) is 0 Å². The van der Waals surface area contributed by atoms with Gasteiger partial charge in [0.2, 0.25) is 0 Å². The van der Waals surface area contributed by atoms with Crippen molar-refractivity contribution in [3.8, 4) is 0 Å². The van der Waals surface area contributed by atoms with Crippen molar-refractivity contribution in [3.63, 3.8) is 0 Å². The second-order valence-corrected chi connectivity index (χ2v) is 4.13. The normalized spacial score (nSPS) is 33.6. The SMILES string of the molecule is O=C(O)[C@@H]1CCCC2(CC2)C1. The summed E-state index contributed by atoms with van der Waals surface area (Å²) in [7, 11) is 0. The van der Waals surface area contributed by atoms with Crippen LogP contribution in [0.1, 0.15) is 38.5 Å². The molecule has 2 saturated carbocycles. The van der Waals surface area contributed by atoms with Crippen molar-refractivity contribution in [1.29, 1.82) is 0 Å². The minimum absolute atomic E-state index is 0.0220. The second-order valence-electron chi connectivity index (χ2n) is 4.13. The van der Waals surface area contributed by atoms with Crippen LogP contribution in [0, 0.1) is 11.3 Å². The average molecular weight is 154 g/mol. The molecule has 2 fully saturated rings. The van der Waals surface area contributed by atoms with E-state index >= 15 is 0 Å². The number of hydrogen-bond donors (Lipinski definition) is 1. The Balaban J connectivity index is 1.98. The Hall–Kier alpha value is -0.530. The lowest BCUT2D eigenvalue weighted by Crippen LogP contribution is -2.23. The van der Waals surface area contributed by atoms with E-state index in [2.05, 4.69) is 0 Å². The molecular formula is C9H14O2. The molecule has 0 aromatic rings. The molecule has 0 saturated heterocycles. The van der Waals surface area contributed by atoms with E-state index in [0.717, 1.165) is 19.3 Å². The number of aliphatic carboxylic acids is 1. The summed E-state index contributed by atoms with van der Waals surface area (Å²) in [5.41, 5.74) is 0.501. The van der Waals surface area contributed by atoms with Crippen LogP contribution < -0.4 is 0 Å². The standard InChI is InChI=1S/C9H14O2/c10-8(11)7-2-1-3-9(6-7)4-5-9/h7H,1-6H2,(H,10,11)/t7-/m1/s1. The third-order valence-corrected chi connectivity index (χ3v) is 3.25. The molecule has 2 rings (SSSR count). The molecule has 1 atom stereocenters. The molecule has 2 aliphatic carbocycles. The van der Waals surface area contributed by atoms with Gasteiger partial charge in [-0.3, -0.25) is 4.79 Å². The van der Waals surface area contributed by atoms with Crippen molar-refractivity contribution in [2.45, 2.75) is 38.5 Å². The van der Waals surface area contributed by atoms with E-state index in [1.165, 1.54) is 19.3 Å². The van der Waals surface area contributed by atoms with Gasteiger partial charge in [-0.05, 0) is 37.5 Å². The van der Waals surface area contributed by atoms with Crippen molar-refractivity contribution < 1.29 is 9.90 Å². The molecule has 0 amide bonds. The molecule has 0 aromatic heterocycles. The number of carbonyl (C=O) groups is 1. The lowest BCUT2D eigenvalue weighted by molar-refractivity contribution is -0.143. The minimum Gasteiger partial charge on any atom is -0.481 e. The van der Waals surface area contributed by atoms with Gasteiger partial charge < -0.3 is 5.11 Å². The van der Waals surface area contributed by atoms with Gasteiger partial charge in [0.05, 0.1) is 5.92 Å². The van der Waals surface area contributed by atoms with Crippen LogP contribution in [0.2, 0.25) is 0 Å². The summed E-state index contributed by atoms with van der Waals surface area (Å²) in [4.78, 5) is 10.7. The van der Waals surface area contributed by atoms with Gasteiger partial charge in [0, 0.05) is 0 Å². The van der Waals surface area contributed by atoms with Crippen LogP contribution in [0.25, 0.3) is 0 Å². The molecule has 0 aliphatic heterocycles. The maximum Gasteiger partial charge on any atom is 0.306 e. The van der Waals surface area contributed by atoms with Crippen molar-refractivity contribution in [3.05, 3.63) is 0 Å². The van der Waals surface area contributed by atoms with E-state index in [0.29, 0.717) is 5.41 Å². The van der Waals surface area contributed by atoms with E-state index in [4.69, 9.17) is 5.11 Å². The summed E-state index contributed by atoms with van der Waals surface area (Å²) >= 11 is 0. The third kappa shape index (κ3) is 1.26. The Labute approximate surface area is 66.6 Å². The molecule has 62 valence electrons. The van der Waals surface area contributed by atoms with Crippen LogP contribution in [0.4, 0.5) is 0 Å². The number of rotatable bonds is 1. The van der Waals surface area contributed by atoms with Crippen LogP contribution >= 0.6 is 0 Å². The van der Waals surface area contributed by atoms with Crippen molar-refractivity contribution in [1.82, 2.24) is 0 Å². The topological polar surface area (TPSA) is 37.3 Å². The van der Waals surface area contributed by atoms with E-state index in [9.17, 15) is 4.79 Å². The summed E-state index contributed by atoms with van der Waals surface area (Å²) in [6.45, 7) is 0. The molecule has 2 nitrogen and oxygen atoms in total. The highest BCUT2D eigenvalue weighted by Gasteiger charge is 2.47. The predicted molar refractivity (Wildman–Crippen MR) is 41.3 cm³/mol. The molecule has 0 aromatic carbocycles. The van der Waals surface area contributed by atoms with Gasteiger partial charge >= 0.3 is 5.97 Å². The zero-order valence-electron chi connectivity index (χ0n) is 6.68. The Morgan fingerprint density at radius 3 is 2.64 bits per heavy atom. The summed E-state index contributed by atoms with van der Waals surface area (Å²) < 4.78 is 0. The maximum atomic E-state index is 10.7. The average Bonchev–Trinajstić information content (AvgIpc) is 2.69. The fourth-order valence-corrected chi connectivity index (χ4v) is 2.29. The first kappa shape index (κ1) is 7.14. The smallest absolute Gasteiger partial charge is 0.306 e. The second kappa shape index (κ2) is 2.23. The summed E-state index contributed by atoms with van der Waals surface area (Å²) in [6.07, 6.45) is 6.88. The fourth-order valence-electron chi connectivity index (χ4n) is 2.29. The van der Waals surface area contributed by atoms with Gasteiger partial charge in [-0.25, -0.2) is 0 Å². The molecule has 0 bridgehead atoms. The highest BCUT2D eigenvalue weighted by molar-refractivity contribution is 5.70. The molecule has 1 spiro atoms. The molecule has 1 N–H and O–H groups in total. The van der Waals surface area contributed by atoms with E-state index in [-0.39, 0.29) is 5.92 Å². The number of hydrogen-bond acceptors (Lipinski definition) is 1. The lowest BCUT2D eigenvalue weighted by atomic mass is 9.79. The van der Waals surface area contributed by atoms with E-state index in [1.54, 1.807) is 0 Å². The Morgan fingerprint density at radius 2 is 2.09 bits per heavy atom. The Morgan fingerprint density at radius 1 is 1.36 bits per heavy atom. The molecule has 0 heterocycles. The zero-order valence-corrected chi connectivity index (χ0v) is 6.68. The summed E-state index contributed by atoms with van der Waals surface area (Å²) in [6, 6.07) is 0. The molecular weight excluding hydrogens is 140 g/mol. The van der Waals surface area contributed by atoms with Crippen LogP contribution in [0.3, 0.4) is 0 Å². The van der Waals surface area contributed by atoms with Crippen LogP contribution in [0.15, 0.2) is 0 Å². The van der Waals surface area contributed by atoms with Gasteiger partial charge in [-0.1, -0.05) is 6.42 Å². The number of carboxylic acid groups (broad SMARTS) is 1. The molecule has 2 aliphatic rings. The van der Waals surface area contributed by atoms with Crippen LogP contribution in [0.5, 0.6) is 0 Å². The number of carboxylic acids is 1. The summed E-state index contributed by atoms with van der Waals surface area (Å²) in [5.74, 6) is -0.595. The van der Waals surface area contributed by atoms with Crippen LogP contribution in [-0.4, -0.2) is 11.1 Å². The first-order valence-corrected chi connectivity index (χ1v) is 4.45. The van der Waals surface area contributed by atoms with Gasteiger partial charge in [-0.15, -0.1) is 0 Å². The zero-order chi connectivity index (χ0) is 7.90. The maximum absolute atomic E-state index is 10.7. The van der Waals surface area contributed by atoms with Gasteiger partial charge in [0.1, 0.15) is 0 Å². The van der Waals surface area contributed by atoms with Gasteiger partial charge in [0.25, 0.3) is 0 Å². The first-order valence-electron chi connectivity index (χ1n) is 4.45. The molecule has 11 heavy (non-hydrogen) atoms. The van der Waals surface area contributed by atoms with Crippen LogP contribution in [-0.2, 0) is 4.79 Å². The quantitative estimate of drug-likeness (QED) is 0.627. The van der Waals surface area contributed by atoms with E-state index in [1.807, 2.05) is 0 Å². The van der Waals surface area contributed by atoms with E-state index < -0.39 is 5.97 Å². The molecule has 0 unspecified atom stereocenters. The first-order chi connectivity index (χ1) is 5.22. The minimum atomic E-state index is -0.573. The van der Waals surface area contributed by atoms with Gasteiger partial charge in [0.15, 0.2) is 0 Å². The largest absolute Gasteiger partial charge is 0.481 e. The highest BCUT2D eigenvalue weighted by Crippen LogP contribution is 2.57. The summed E-state index contributed by atoms with van der Waals surface area (Å²) in [5, 5.41) is 8.80. The van der Waals surface area contributed by atoms with Crippen molar-refractivity contribution in [2.75, 3.05) is 0 Å². The molecule has 2 heteroatoms. The third-order valence-electron chi connectivity index (χ3n) is 3.25. The Bertz CT molecular complexity index is 182. The fraction of sp³-hybridized carbons (Fsp3) is 0.889. The van der Waals surface area contributed by atoms with Crippen molar-refractivity contribution in [2.24, 2.45) is 11.3 Å². The monoisotopic (exact) mass is 154 g/mol.